The van der Waals surface area contributed by atoms with Crippen LogP contribution in [0.5, 0.6) is 0 Å². The highest BCUT2D eigenvalue weighted by molar-refractivity contribution is 6.29. The lowest BCUT2D eigenvalue weighted by atomic mass is 10.2. The summed E-state index contributed by atoms with van der Waals surface area (Å²) < 4.78 is 4.82. The second-order valence-corrected chi connectivity index (χ2v) is 3.20. The Morgan fingerprint density at radius 3 is 2.93 bits per heavy atom. The smallest absolute Gasteiger partial charge is 0.333 e. The van der Waals surface area contributed by atoms with Gasteiger partial charge in [0, 0.05) is 5.57 Å². The zero-order chi connectivity index (χ0) is 11.3. The van der Waals surface area contributed by atoms with E-state index in [1.807, 2.05) is 0 Å². The molecule has 0 saturated heterocycles. The topological polar surface area (TPSA) is 52.1 Å². The van der Waals surface area contributed by atoms with Crippen LogP contribution in [0.1, 0.15) is 19.5 Å². The summed E-state index contributed by atoms with van der Waals surface area (Å²) in [5.41, 5.74) is 1.00. The van der Waals surface area contributed by atoms with E-state index in [9.17, 15) is 4.79 Å². The molecule has 0 aromatic carbocycles. The van der Waals surface area contributed by atoms with Crippen LogP contribution < -0.4 is 0 Å². The summed E-state index contributed by atoms with van der Waals surface area (Å²) in [6.45, 7) is 3.76. The molecule has 1 rings (SSSR count). The Labute approximate surface area is 92.9 Å². The summed E-state index contributed by atoms with van der Waals surface area (Å²) in [4.78, 5) is 19.1. The highest BCUT2D eigenvalue weighted by atomic mass is 35.5. The van der Waals surface area contributed by atoms with E-state index in [0.717, 1.165) is 0 Å². The number of halogens is 1. The van der Waals surface area contributed by atoms with Gasteiger partial charge in [0.25, 0.3) is 0 Å². The number of ether oxygens (including phenoxy) is 1. The van der Waals surface area contributed by atoms with Gasteiger partial charge in [0.15, 0.2) is 0 Å². The molecule has 0 aliphatic rings. The number of hydrogen-bond donors (Lipinski definition) is 0. The standard InChI is InChI=1S/C10H11ClN2O2/c1-3-15-10(14)7(2)4-8-5-12-6-9(11)13-8/h4-6H,3H2,1-2H3. The van der Waals surface area contributed by atoms with Crippen LogP contribution in [0.25, 0.3) is 6.08 Å². The fourth-order valence-electron chi connectivity index (χ4n) is 0.951. The maximum Gasteiger partial charge on any atom is 0.333 e. The Morgan fingerprint density at radius 2 is 2.33 bits per heavy atom. The molecule has 4 nitrogen and oxygen atoms in total. The van der Waals surface area contributed by atoms with Gasteiger partial charge in [-0.2, -0.15) is 0 Å². The molecular formula is C10H11ClN2O2. The van der Waals surface area contributed by atoms with Crippen molar-refractivity contribution in [2.75, 3.05) is 6.61 Å². The lowest BCUT2D eigenvalue weighted by Crippen LogP contribution is -2.05. The number of nitrogens with zero attached hydrogens (tertiary/aromatic N) is 2. The van der Waals surface area contributed by atoms with Gasteiger partial charge in [-0.05, 0) is 19.9 Å². The van der Waals surface area contributed by atoms with Crippen LogP contribution in [0.4, 0.5) is 0 Å². The van der Waals surface area contributed by atoms with Gasteiger partial charge in [0.1, 0.15) is 5.15 Å². The average Bonchev–Trinajstić information content (AvgIpc) is 2.18. The highest BCUT2D eigenvalue weighted by Gasteiger charge is 2.04. The molecule has 1 heterocycles. The molecule has 5 heteroatoms. The Hall–Kier alpha value is -1.42. The number of esters is 1. The fourth-order valence-corrected chi connectivity index (χ4v) is 1.11. The molecule has 0 spiro atoms. The minimum atomic E-state index is -0.362. The molecular weight excluding hydrogens is 216 g/mol. The van der Waals surface area contributed by atoms with E-state index in [1.165, 1.54) is 12.4 Å². The molecule has 0 saturated carbocycles. The van der Waals surface area contributed by atoms with Crippen molar-refractivity contribution in [2.45, 2.75) is 13.8 Å². The van der Waals surface area contributed by atoms with Gasteiger partial charge in [0.05, 0.1) is 24.7 Å². The Balaban J connectivity index is 2.82. The Bertz CT molecular complexity index is 391. The van der Waals surface area contributed by atoms with Gasteiger partial charge in [-0.1, -0.05) is 11.6 Å². The van der Waals surface area contributed by atoms with Crippen molar-refractivity contribution in [3.05, 3.63) is 28.8 Å². The third-order valence-corrected chi connectivity index (χ3v) is 1.77. The van der Waals surface area contributed by atoms with Crippen molar-refractivity contribution in [1.82, 2.24) is 9.97 Å². The summed E-state index contributed by atoms with van der Waals surface area (Å²) in [6, 6.07) is 0. The van der Waals surface area contributed by atoms with E-state index in [2.05, 4.69) is 9.97 Å². The zero-order valence-electron chi connectivity index (χ0n) is 8.53. The van der Waals surface area contributed by atoms with Crippen LogP contribution in [0.15, 0.2) is 18.0 Å². The van der Waals surface area contributed by atoms with Crippen LogP contribution in [0, 0.1) is 0 Å². The molecule has 0 atom stereocenters. The number of carbonyl (C=O) groups is 1. The van der Waals surface area contributed by atoms with Crippen LogP contribution in [0.3, 0.4) is 0 Å². The molecule has 0 fully saturated rings. The van der Waals surface area contributed by atoms with Crippen molar-refractivity contribution < 1.29 is 9.53 Å². The van der Waals surface area contributed by atoms with Crippen molar-refractivity contribution in [3.63, 3.8) is 0 Å². The molecule has 1 aromatic rings. The van der Waals surface area contributed by atoms with Crippen LogP contribution >= 0.6 is 11.6 Å². The zero-order valence-corrected chi connectivity index (χ0v) is 9.28. The monoisotopic (exact) mass is 226 g/mol. The first-order valence-electron chi connectivity index (χ1n) is 4.46. The van der Waals surface area contributed by atoms with Gasteiger partial charge in [0.2, 0.25) is 0 Å². The van der Waals surface area contributed by atoms with Gasteiger partial charge >= 0.3 is 5.97 Å². The minimum Gasteiger partial charge on any atom is -0.463 e. The SMILES string of the molecule is CCOC(=O)C(C)=Cc1cncc(Cl)n1. The third-order valence-electron chi connectivity index (χ3n) is 1.59. The molecule has 0 radical (unpaired) electrons. The summed E-state index contributed by atoms with van der Waals surface area (Å²) in [5.74, 6) is -0.362. The first kappa shape index (κ1) is 11.7. The van der Waals surface area contributed by atoms with Crippen molar-refractivity contribution in [2.24, 2.45) is 0 Å². The average molecular weight is 227 g/mol. The lowest BCUT2D eigenvalue weighted by Gasteiger charge is -2.00. The maximum absolute atomic E-state index is 11.3. The van der Waals surface area contributed by atoms with E-state index in [1.54, 1.807) is 19.9 Å². The maximum atomic E-state index is 11.3. The van der Waals surface area contributed by atoms with E-state index in [4.69, 9.17) is 16.3 Å². The van der Waals surface area contributed by atoms with Crippen molar-refractivity contribution >= 4 is 23.6 Å². The molecule has 0 bridgehead atoms. The normalized spacial score (nSPS) is 11.3. The third kappa shape index (κ3) is 3.67. The molecule has 0 unspecified atom stereocenters. The van der Waals surface area contributed by atoms with E-state index >= 15 is 0 Å². The number of carbonyl (C=O) groups excluding carboxylic acids is 1. The number of rotatable bonds is 3. The molecule has 0 aliphatic heterocycles. The van der Waals surface area contributed by atoms with E-state index < -0.39 is 0 Å². The molecule has 0 amide bonds. The van der Waals surface area contributed by atoms with Gasteiger partial charge in [-0.25, -0.2) is 9.78 Å². The Kier molecular flexibility index (Phi) is 4.24. The van der Waals surface area contributed by atoms with Crippen molar-refractivity contribution in [1.29, 1.82) is 0 Å². The molecule has 0 N–H and O–H groups in total. The first-order valence-corrected chi connectivity index (χ1v) is 4.84. The molecule has 1 aromatic heterocycles. The van der Waals surface area contributed by atoms with Gasteiger partial charge in [-0.3, -0.25) is 4.98 Å². The molecule has 15 heavy (non-hydrogen) atoms. The lowest BCUT2D eigenvalue weighted by molar-refractivity contribution is -0.138. The van der Waals surface area contributed by atoms with Gasteiger partial charge < -0.3 is 4.74 Å². The first-order chi connectivity index (χ1) is 7.13. The van der Waals surface area contributed by atoms with Gasteiger partial charge in [-0.15, -0.1) is 0 Å². The number of hydrogen-bond acceptors (Lipinski definition) is 4. The minimum absolute atomic E-state index is 0.292. The van der Waals surface area contributed by atoms with E-state index in [-0.39, 0.29) is 5.97 Å². The predicted molar refractivity (Wildman–Crippen MR) is 57.3 cm³/mol. The van der Waals surface area contributed by atoms with Crippen LogP contribution in [-0.4, -0.2) is 22.5 Å². The highest BCUT2D eigenvalue weighted by Crippen LogP contribution is 2.07. The van der Waals surface area contributed by atoms with Crippen LogP contribution in [0.2, 0.25) is 5.15 Å². The summed E-state index contributed by atoms with van der Waals surface area (Å²) in [6.07, 6.45) is 4.53. The number of aromatic nitrogens is 2. The van der Waals surface area contributed by atoms with Crippen LogP contribution in [-0.2, 0) is 9.53 Å². The summed E-state index contributed by atoms with van der Waals surface area (Å²) >= 11 is 5.65. The summed E-state index contributed by atoms with van der Waals surface area (Å²) in [7, 11) is 0. The predicted octanol–water partition coefficient (Wildman–Crippen LogP) is 2.10. The second-order valence-electron chi connectivity index (χ2n) is 2.81. The molecule has 80 valence electrons. The second kappa shape index (κ2) is 5.46. The summed E-state index contributed by atoms with van der Waals surface area (Å²) in [5, 5.41) is 0.292. The fraction of sp³-hybridized carbons (Fsp3) is 0.300. The molecule has 0 aliphatic carbocycles. The largest absolute Gasteiger partial charge is 0.463 e. The Morgan fingerprint density at radius 1 is 1.60 bits per heavy atom. The van der Waals surface area contributed by atoms with E-state index in [0.29, 0.717) is 23.0 Å². The van der Waals surface area contributed by atoms with Crippen molar-refractivity contribution in [3.8, 4) is 0 Å². The quantitative estimate of drug-likeness (QED) is 0.585.